The van der Waals surface area contributed by atoms with E-state index in [0.29, 0.717) is 6.42 Å². The van der Waals surface area contributed by atoms with Gasteiger partial charge in [0.15, 0.2) is 5.79 Å². The number of ether oxygens (including phenoxy) is 1. The van der Waals surface area contributed by atoms with Crippen LogP contribution in [0.3, 0.4) is 0 Å². The minimum absolute atomic E-state index is 0.382. The van der Waals surface area contributed by atoms with Gasteiger partial charge >= 0.3 is 0 Å². The third-order valence-electron chi connectivity index (χ3n) is 1.95. The van der Waals surface area contributed by atoms with Crippen LogP contribution in [0.4, 0.5) is 0 Å². The van der Waals surface area contributed by atoms with E-state index in [4.69, 9.17) is 14.9 Å². The van der Waals surface area contributed by atoms with Gasteiger partial charge in [-0.25, -0.2) is 0 Å². The Hall–Kier alpha value is -0.120. The summed E-state index contributed by atoms with van der Waals surface area (Å²) in [6.07, 6.45) is 5.29. The normalized spacial score (nSPS) is 10.8. The highest BCUT2D eigenvalue weighted by Gasteiger charge is 2.08. The molecule has 0 spiro atoms. The van der Waals surface area contributed by atoms with E-state index in [1.54, 1.807) is 6.92 Å². The third kappa shape index (κ3) is 24.8. The summed E-state index contributed by atoms with van der Waals surface area (Å²) in [4.78, 5) is 0. The molecule has 0 aromatic rings. The molecule has 94 valence electrons. The zero-order valence-electron chi connectivity index (χ0n) is 10.8. The van der Waals surface area contributed by atoms with E-state index in [9.17, 15) is 0 Å². The van der Waals surface area contributed by atoms with Gasteiger partial charge in [0.2, 0.25) is 0 Å². The van der Waals surface area contributed by atoms with Gasteiger partial charge in [0.05, 0.1) is 0 Å². The standard InChI is InChI=1S/C8H18O.C4H10O2/c1-3-5-7-9-8-6-4-2;1-3-4(2,5)6/h3-8H2,1-2H3;5-6H,3H2,1-2H3. The maximum atomic E-state index is 8.38. The molecule has 0 aliphatic rings. The molecule has 0 rings (SSSR count). The van der Waals surface area contributed by atoms with E-state index >= 15 is 0 Å². The molecule has 3 nitrogen and oxygen atoms in total. The van der Waals surface area contributed by atoms with Crippen LogP contribution in [0.5, 0.6) is 0 Å². The minimum Gasteiger partial charge on any atom is -0.381 e. The molecule has 0 unspecified atom stereocenters. The van der Waals surface area contributed by atoms with Gasteiger partial charge in [-0.3, -0.25) is 0 Å². The number of aliphatic hydroxyl groups is 2. The second kappa shape index (κ2) is 12.0. The van der Waals surface area contributed by atoms with Gasteiger partial charge in [0.1, 0.15) is 0 Å². The zero-order valence-corrected chi connectivity index (χ0v) is 10.8. The first kappa shape index (κ1) is 17.3. The van der Waals surface area contributed by atoms with Crippen molar-refractivity contribution in [2.75, 3.05) is 13.2 Å². The zero-order chi connectivity index (χ0) is 12.2. The Balaban J connectivity index is 0. The van der Waals surface area contributed by atoms with E-state index in [1.165, 1.54) is 32.6 Å². The molecule has 2 N–H and O–H groups in total. The van der Waals surface area contributed by atoms with E-state index < -0.39 is 5.79 Å². The van der Waals surface area contributed by atoms with Gasteiger partial charge in [0, 0.05) is 13.2 Å². The molecule has 3 heteroatoms. The average Bonchev–Trinajstić information content (AvgIpc) is 2.18. The van der Waals surface area contributed by atoms with Crippen LogP contribution in [-0.4, -0.2) is 29.2 Å². The molecule has 15 heavy (non-hydrogen) atoms. The molecular weight excluding hydrogens is 192 g/mol. The molecule has 0 amide bonds. The lowest BCUT2D eigenvalue weighted by Crippen LogP contribution is -2.20. The van der Waals surface area contributed by atoms with Gasteiger partial charge in [-0.15, -0.1) is 0 Å². The average molecular weight is 220 g/mol. The van der Waals surface area contributed by atoms with E-state index in [2.05, 4.69) is 13.8 Å². The third-order valence-corrected chi connectivity index (χ3v) is 1.95. The molecule has 0 heterocycles. The highest BCUT2D eigenvalue weighted by atomic mass is 16.5. The Labute approximate surface area is 94.5 Å². The van der Waals surface area contributed by atoms with Gasteiger partial charge in [-0.05, 0) is 26.2 Å². The molecule has 0 aliphatic carbocycles. The largest absolute Gasteiger partial charge is 0.381 e. The fraction of sp³-hybridized carbons (Fsp3) is 1.00. The predicted octanol–water partition coefficient (Wildman–Crippen LogP) is 2.70. The first-order chi connectivity index (χ1) is 6.97. The number of hydrogen-bond donors (Lipinski definition) is 2. The van der Waals surface area contributed by atoms with Gasteiger partial charge in [0.25, 0.3) is 0 Å². The highest BCUT2D eigenvalue weighted by molar-refractivity contribution is 4.47. The van der Waals surface area contributed by atoms with Crippen molar-refractivity contribution in [1.29, 1.82) is 0 Å². The fourth-order valence-electron chi connectivity index (χ4n) is 0.595. The minimum atomic E-state index is -1.46. The summed E-state index contributed by atoms with van der Waals surface area (Å²) in [6, 6.07) is 0. The lowest BCUT2D eigenvalue weighted by Gasteiger charge is -2.10. The smallest absolute Gasteiger partial charge is 0.159 e. The molecule has 0 saturated heterocycles. The van der Waals surface area contributed by atoms with Crippen molar-refractivity contribution < 1.29 is 14.9 Å². The lowest BCUT2D eigenvalue weighted by molar-refractivity contribution is -0.145. The Morgan fingerprint density at radius 3 is 1.47 bits per heavy atom. The summed E-state index contributed by atoms with van der Waals surface area (Å²) in [5.41, 5.74) is 0. The summed E-state index contributed by atoms with van der Waals surface area (Å²) in [5.74, 6) is -1.46. The quantitative estimate of drug-likeness (QED) is 0.512. The van der Waals surface area contributed by atoms with Crippen LogP contribution in [0.25, 0.3) is 0 Å². The van der Waals surface area contributed by atoms with Crippen LogP contribution in [0, 0.1) is 0 Å². The predicted molar refractivity (Wildman–Crippen MR) is 63.8 cm³/mol. The Morgan fingerprint density at radius 2 is 1.27 bits per heavy atom. The van der Waals surface area contributed by atoms with E-state index in [0.717, 1.165) is 13.2 Å². The first-order valence-corrected chi connectivity index (χ1v) is 6.00. The molecule has 0 fully saturated rings. The van der Waals surface area contributed by atoms with Crippen LogP contribution in [0.1, 0.15) is 59.8 Å². The number of unbranched alkanes of at least 4 members (excludes halogenated alkanes) is 2. The van der Waals surface area contributed by atoms with Crippen molar-refractivity contribution in [3.8, 4) is 0 Å². The first-order valence-electron chi connectivity index (χ1n) is 6.00. The van der Waals surface area contributed by atoms with Crippen LogP contribution in [0.2, 0.25) is 0 Å². The van der Waals surface area contributed by atoms with E-state index in [-0.39, 0.29) is 0 Å². The Morgan fingerprint density at radius 1 is 0.933 bits per heavy atom. The van der Waals surface area contributed by atoms with Crippen LogP contribution in [-0.2, 0) is 4.74 Å². The maximum Gasteiger partial charge on any atom is 0.159 e. The van der Waals surface area contributed by atoms with Crippen molar-refractivity contribution in [2.24, 2.45) is 0 Å². The second-order valence-corrected chi connectivity index (χ2v) is 3.89. The molecular formula is C12H28O3. The van der Waals surface area contributed by atoms with Crippen molar-refractivity contribution in [1.82, 2.24) is 0 Å². The van der Waals surface area contributed by atoms with Crippen molar-refractivity contribution in [2.45, 2.75) is 65.6 Å². The SMILES string of the molecule is CCC(C)(O)O.CCCCOCCCC. The van der Waals surface area contributed by atoms with Crippen LogP contribution in [0.15, 0.2) is 0 Å². The molecule has 0 radical (unpaired) electrons. The van der Waals surface area contributed by atoms with Crippen molar-refractivity contribution >= 4 is 0 Å². The van der Waals surface area contributed by atoms with Crippen molar-refractivity contribution in [3.05, 3.63) is 0 Å². The maximum absolute atomic E-state index is 8.38. The summed E-state index contributed by atoms with van der Waals surface area (Å²) < 4.78 is 5.31. The lowest BCUT2D eigenvalue weighted by atomic mass is 10.3. The topological polar surface area (TPSA) is 49.7 Å². The number of hydrogen-bond acceptors (Lipinski definition) is 3. The van der Waals surface area contributed by atoms with Gasteiger partial charge < -0.3 is 14.9 Å². The summed E-state index contributed by atoms with van der Waals surface area (Å²) >= 11 is 0. The second-order valence-electron chi connectivity index (χ2n) is 3.89. The molecule has 0 aliphatic heterocycles. The summed E-state index contributed by atoms with van der Waals surface area (Å²) in [5, 5.41) is 16.8. The molecule has 0 atom stereocenters. The molecule has 0 saturated carbocycles. The summed E-state index contributed by atoms with van der Waals surface area (Å²) in [7, 11) is 0. The monoisotopic (exact) mass is 220 g/mol. The van der Waals surface area contributed by atoms with Crippen molar-refractivity contribution in [3.63, 3.8) is 0 Å². The molecule has 0 aromatic heterocycles. The highest BCUT2D eigenvalue weighted by Crippen LogP contribution is 1.99. The van der Waals surface area contributed by atoms with Gasteiger partial charge in [-0.1, -0.05) is 33.6 Å². The summed E-state index contributed by atoms with van der Waals surface area (Å²) in [6.45, 7) is 9.34. The number of rotatable bonds is 7. The Bertz CT molecular complexity index is 102. The van der Waals surface area contributed by atoms with Gasteiger partial charge in [-0.2, -0.15) is 0 Å². The molecule has 0 bridgehead atoms. The van der Waals surface area contributed by atoms with Crippen LogP contribution < -0.4 is 0 Å². The Kier molecular flexibility index (Phi) is 13.8. The van der Waals surface area contributed by atoms with Crippen LogP contribution >= 0.6 is 0 Å². The molecule has 0 aromatic carbocycles. The fourth-order valence-corrected chi connectivity index (χ4v) is 0.595. The van der Waals surface area contributed by atoms with E-state index in [1.807, 2.05) is 0 Å².